The van der Waals surface area contributed by atoms with E-state index in [-0.39, 0.29) is 17.2 Å². The van der Waals surface area contributed by atoms with E-state index in [0.29, 0.717) is 13.2 Å². The van der Waals surface area contributed by atoms with E-state index in [2.05, 4.69) is 4.74 Å². The highest BCUT2D eigenvalue weighted by molar-refractivity contribution is 5.89. The Morgan fingerprint density at radius 1 is 1.60 bits per heavy atom. The molecule has 1 saturated heterocycles. The average Bonchev–Trinajstić information content (AvgIpc) is 2.49. The number of hydrogen-bond acceptors (Lipinski definition) is 5. The lowest BCUT2D eigenvalue weighted by Gasteiger charge is -2.23. The van der Waals surface area contributed by atoms with Gasteiger partial charge in [0.25, 0.3) is 5.56 Å². The van der Waals surface area contributed by atoms with Crippen LogP contribution in [0.2, 0.25) is 0 Å². The lowest BCUT2D eigenvalue weighted by molar-refractivity contribution is 0.00532. The first-order valence-corrected chi connectivity index (χ1v) is 6.50. The van der Waals surface area contributed by atoms with Crippen molar-refractivity contribution in [3.05, 3.63) is 33.7 Å². The van der Waals surface area contributed by atoms with Crippen molar-refractivity contribution < 1.29 is 14.3 Å². The van der Waals surface area contributed by atoms with E-state index in [4.69, 9.17) is 10.00 Å². The molecule has 1 fully saturated rings. The Bertz CT molecular complexity index is 594. The number of nitriles is 1. The Morgan fingerprint density at radius 3 is 3.00 bits per heavy atom. The number of rotatable bonds is 3. The van der Waals surface area contributed by atoms with Crippen LogP contribution in [-0.4, -0.2) is 30.4 Å². The third kappa shape index (κ3) is 3.06. The number of carbonyl (C=O) groups excluding carboxylic acids is 1. The summed E-state index contributed by atoms with van der Waals surface area (Å²) in [6.45, 7) is 1.03. The summed E-state index contributed by atoms with van der Waals surface area (Å²) >= 11 is 0. The zero-order valence-corrected chi connectivity index (χ0v) is 11.3. The maximum absolute atomic E-state index is 12.1. The van der Waals surface area contributed by atoms with Crippen LogP contribution in [0.4, 0.5) is 0 Å². The van der Waals surface area contributed by atoms with Crippen LogP contribution in [0.5, 0.6) is 0 Å². The van der Waals surface area contributed by atoms with Crippen LogP contribution in [-0.2, 0) is 16.0 Å². The molecule has 0 unspecified atom stereocenters. The molecule has 2 rings (SSSR count). The van der Waals surface area contributed by atoms with E-state index in [1.807, 2.05) is 6.07 Å². The molecule has 1 aromatic rings. The number of carbonyl (C=O) groups is 1. The minimum Gasteiger partial charge on any atom is -0.465 e. The van der Waals surface area contributed by atoms with Gasteiger partial charge in [-0.15, -0.1) is 0 Å². The average molecular weight is 276 g/mol. The SMILES string of the molecule is COC(=O)c1cc(C#N)c(=O)n(C[C@H]2CCCCO2)c1. The summed E-state index contributed by atoms with van der Waals surface area (Å²) in [6, 6.07) is 3.07. The molecule has 0 aliphatic carbocycles. The first-order chi connectivity index (χ1) is 9.65. The summed E-state index contributed by atoms with van der Waals surface area (Å²) in [6.07, 6.45) is 4.32. The van der Waals surface area contributed by atoms with Gasteiger partial charge in [0.15, 0.2) is 0 Å². The van der Waals surface area contributed by atoms with Gasteiger partial charge in [-0.05, 0) is 25.3 Å². The molecule has 6 nitrogen and oxygen atoms in total. The topological polar surface area (TPSA) is 81.3 Å². The van der Waals surface area contributed by atoms with Crippen molar-refractivity contribution in [2.24, 2.45) is 0 Å². The number of hydrogen-bond donors (Lipinski definition) is 0. The molecule has 0 amide bonds. The van der Waals surface area contributed by atoms with Crippen LogP contribution in [0.15, 0.2) is 17.1 Å². The molecule has 20 heavy (non-hydrogen) atoms. The zero-order valence-electron chi connectivity index (χ0n) is 11.3. The number of pyridine rings is 1. The highest BCUT2D eigenvalue weighted by atomic mass is 16.5. The van der Waals surface area contributed by atoms with Crippen LogP contribution in [0, 0.1) is 11.3 Å². The molecule has 106 valence electrons. The number of ether oxygens (including phenoxy) is 2. The lowest BCUT2D eigenvalue weighted by Crippen LogP contribution is -2.32. The fourth-order valence-electron chi connectivity index (χ4n) is 2.25. The Labute approximate surface area is 116 Å². The van der Waals surface area contributed by atoms with Crippen LogP contribution < -0.4 is 5.56 Å². The standard InChI is InChI=1S/C14H16N2O4/c1-19-14(18)11-6-10(7-15)13(17)16(8-11)9-12-4-2-3-5-20-12/h6,8,12H,2-5,9H2,1H3/t12-/m1/s1. The second-order valence-electron chi connectivity index (χ2n) is 4.69. The zero-order chi connectivity index (χ0) is 14.5. The number of aromatic nitrogens is 1. The fraction of sp³-hybridized carbons (Fsp3) is 0.500. The summed E-state index contributed by atoms with van der Waals surface area (Å²) in [5.41, 5.74) is -0.280. The monoisotopic (exact) mass is 276 g/mol. The van der Waals surface area contributed by atoms with Crippen LogP contribution in [0.1, 0.15) is 35.2 Å². The van der Waals surface area contributed by atoms with Crippen LogP contribution in [0.25, 0.3) is 0 Å². The summed E-state index contributed by atoms with van der Waals surface area (Å²) in [5, 5.41) is 8.98. The molecule has 0 radical (unpaired) electrons. The predicted octanol–water partition coefficient (Wildman–Crippen LogP) is 1.08. The molecular formula is C14H16N2O4. The maximum atomic E-state index is 12.1. The van der Waals surface area contributed by atoms with Crippen molar-refractivity contribution in [3.63, 3.8) is 0 Å². The number of methoxy groups -OCH3 is 1. The molecule has 1 aromatic heterocycles. The van der Waals surface area contributed by atoms with Crippen molar-refractivity contribution in [3.8, 4) is 6.07 Å². The third-order valence-electron chi connectivity index (χ3n) is 3.30. The number of nitrogens with zero attached hydrogens (tertiary/aromatic N) is 2. The second kappa shape index (κ2) is 6.35. The number of esters is 1. The molecule has 1 atom stereocenters. The van der Waals surface area contributed by atoms with E-state index in [1.54, 1.807) is 0 Å². The molecule has 6 heteroatoms. The van der Waals surface area contributed by atoms with Crippen molar-refractivity contribution in [2.45, 2.75) is 31.9 Å². The van der Waals surface area contributed by atoms with Crippen LogP contribution in [0.3, 0.4) is 0 Å². The first-order valence-electron chi connectivity index (χ1n) is 6.50. The second-order valence-corrected chi connectivity index (χ2v) is 4.69. The molecule has 0 aromatic carbocycles. The van der Waals surface area contributed by atoms with Gasteiger partial charge in [0.05, 0.1) is 25.3 Å². The molecule has 2 heterocycles. The van der Waals surface area contributed by atoms with Gasteiger partial charge in [-0.25, -0.2) is 4.79 Å². The maximum Gasteiger partial charge on any atom is 0.339 e. The van der Waals surface area contributed by atoms with Gasteiger partial charge >= 0.3 is 5.97 Å². The quantitative estimate of drug-likeness (QED) is 0.771. The van der Waals surface area contributed by atoms with Gasteiger partial charge in [-0.2, -0.15) is 5.26 Å². The Morgan fingerprint density at radius 2 is 2.40 bits per heavy atom. The van der Waals surface area contributed by atoms with Gasteiger partial charge in [0.2, 0.25) is 0 Å². The van der Waals surface area contributed by atoms with Crippen molar-refractivity contribution in [1.29, 1.82) is 5.26 Å². The molecule has 0 N–H and O–H groups in total. The van der Waals surface area contributed by atoms with Crippen molar-refractivity contribution >= 4 is 5.97 Å². The van der Waals surface area contributed by atoms with E-state index >= 15 is 0 Å². The summed E-state index contributed by atoms with van der Waals surface area (Å²) in [5.74, 6) is -0.570. The summed E-state index contributed by atoms with van der Waals surface area (Å²) < 4.78 is 11.6. The predicted molar refractivity (Wildman–Crippen MR) is 70.3 cm³/mol. The van der Waals surface area contributed by atoms with Crippen molar-refractivity contribution in [1.82, 2.24) is 4.57 Å². The van der Waals surface area contributed by atoms with Gasteiger partial charge in [-0.3, -0.25) is 4.79 Å². The van der Waals surface area contributed by atoms with E-state index in [9.17, 15) is 9.59 Å². The molecule has 0 saturated carbocycles. The Kier molecular flexibility index (Phi) is 4.53. The van der Waals surface area contributed by atoms with Crippen molar-refractivity contribution in [2.75, 3.05) is 13.7 Å². The molecule has 1 aliphatic rings. The van der Waals surface area contributed by atoms with E-state index < -0.39 is 11.5 Å². The molecule has 1 aliphatic heterocycles. The van der Waals surface area contributed by atoms with Gasteiger partial charge in [-0.1, -0.05) is 0 Å². The largest absolute Gasteiger partial charge is 0.465 e. The Hall–Kier alpha value is -2.13. The highest BCUT2D eigenvalue weighted by Gasteiger charge is 2.18. The Balaban J connectivity index is 2.33. The van der Waals surface area contributed by atoms with Gasteiger partial charge in [0.1, 0.15) is 11.6 Å². The minimum atomic E-state index is -0.570. The smallest absolute Gasteiger partial charge is 0.339 e. The third-order valence-corrected chi connectivity index (χ3v) is 3.30. The summed E-state index contributed by atoms with van der Waals surface area (Å²) in [4.78, 5) is 23.6. The normalized spacial score (nSPS) is 18.3. The molecule has 0 bridgehead atoms. The first kappa shape index (κ1) is 14.3. The minimum absolute atomic E-state index is 0.0547. The van der Waals surface area contributed by atoms with Crippen LogP contribution >= 0.6 is 0 Å². The van der Waals surface area contributed by atoms with E-state index in [0.717, 1.165) is 19.3 Å². The van der Waals surface area contributed by atoms with Gasteiger partial charge < -0.3 is 14.0 Å². The lowest BCUT2D eigenvalue weighted by atomic mass is 10.1. The van der Waals surface area contributed by atoms with Gasteiger partial charge in [0, 0.05) is 12.8 Å². The molecular weight excluding hydrogens is 260 g/mol. The molecule has 0 spiro atoms. The van der Waals surface area contributed by atoms with E-state index in [1.165, 1.54) is 23.9 Å². The highest BCUT2D eigenvalue weighted by Crippen LogP contribution is 2.14. The fourth-order valence-corrected chi connectivity index (χ4v) is 2.25. The summed E-state index contributed by atoms with van der Waals surface area (Å²) in [7, 11) is 1.26.